The minimum Gasteiger partial charge on any atom is -0.358 e. The molecule has 0 spiro atoms. The predicted molar refractivity (Wildman–Crippen MR) is 78.5 cm³/mol. The third kappa shape index (κ3) is 14.7. The molecular formula is C18H18Hf. The monoisotopic (exact) mass is 414 g/mol. The van der Waals surface area contributed by atoms with Crippen molar-refractivity contribution < 1.29 is 25.8 Å². The summed E-state index contributed by atoms with van der Waals surface area (Å²) in [4.78, 5) is 0. The van der Waals surface area contributed by atoms with Gasteiger partial charge in [0.2, 0.25) is 0 Å². The molecule has 0 bridgehead atoms. The second kappa shape index (κ2) is 16.8. The summed E-state index contributed by atoms with van der Waals surface area (Å²) in [6, 6.07) is 25.0. The minimum absolute atomic E-state index is 0. The average Bonchev–Trinajstić information content (AvgIpc) is 3.03. The molecule has 94 valence electrons. The molecule has 0 heterocycles. The van der Waals surface area contributed by atoms with Crippen LogP contribution in [0.3, 0.4) is 0 Å². The van der Waals surface area contributed by atoms with Crippen molar-refractivity contribution in [3.05, 3.63) is 105 Å². The van der Waals surface area contributed by atoms with Gasteiger partial charge < -0.3 is 7.43 Å². The van der Waals surface area contributed by atoms with Gasteiger partial charge in [0, 0.05) is 0 Å². The first-order valence-electron chi connectivity index (χ1n) is 5.54. The number of rotatable bonds is 0. The molecule has 0 unspecified atom stereocenters. The van der Waals surface area contributed by atoms with Crippen LogP contribution in [0.5, 0.6) is 0 Å². The van der Waals surface area contributed by atoms with Gasteiger partial charge in [-0.05, 0) is 0 Å². The van der Waals surface area contributed by atoms with Crippen LogP contribution in [0.15, 0.2) is 78.9 Å². The van der Waals surface area contributed by atoms with Crippen LogP contribution in [0, 0.1) is 25.6 Å². The molecule has 1 aliphatic rings. The Labute approximate surface area is 136 Å². The standard InChI is InChI=1S/2C6H5.C5H5.CH3.Hf/c2*1-2-4-6-5-3-1;1-2-4-5-3-1;;/h2*1-5H;1-3H,4H2;1H3;/q4*-1;+4. The van der Waals surface area contributed by atoms with Crippen molar-refractivity contribution in [2.45, 2.75) is 6.42 Å². The second-order valence-corrected chi connectivity index (χ2v) is 3.16. The van der Waals surface area contributed by atoms with Crippen molar-refractivity contribution in [3.8, 4) is 0 Å². The number of allylic oxidation sites excluding steroid dienone is 4. The van der Waals surface area contributed by atoms with E-state index in [1.807, 2.05) is 72.8 Å². The zero-order chi connectivity index (χ0) is 12.0. The van der Waals surface area contributed by atoms with E-state index in [0.29, 0.717) is 0 Å². The quantitative estimate of drug-likeness (QED) is 0.433. The molecule has 0 N–H and O–H groups in total. The van der Waals surface area contributed by atoms with Crippen molar-refractivity contribution in [2.75, 3.05) is 0 Å². The van der Waals surface area contributed by atoms with Gasteiger partial charge in [-0.3, -0.25) is 6.08 Å². The van der Waals surface area contributed by atoms with Gasteiger partial charge >= 0.3 is 25.8 Å². The second-order valence-electron chi connectivity index (χ2n) is 3.16. The molecule has 0 nitrogen and oxygen atoms in total. The molecule has 0 aliphatic heterocycles. The molecule has 0 saturated carbocycles. The number of hydrogen-bond donors (Lipinski definition) is 0. The third-order valence-corrected chi connectivity index (χ3v) is 1.80. The van der Waals surface area contributed by atoms with E-state index in [4.69, 9.17) is 0 Å². The van der Waals surface area contributed by atoms with Gasteiger partial charge in [-0.25, -0.2) is 12.2 Å². The summed E-state index contributed by atoms with van der Waals surface area (Å²) < 4.78 is 0. The van der Waals surface area contributed by atoms with Gasteiger partial charge in [0.25, 0.3) is 0 Å². The summed E-state index contributed by atoms with van der Waals surface area (Å²) in [6.45, 7) is 0. The molecule has 0 aromatic heterocycles. The van der Waals surface area contributed by atoms with E-state index < -0.39 is 0 Å². The van der Waals surface area contributed by atoms with Crippen molar-refractivity contribution in [1.29, 1.82) is 0 Å². The van der Waals surface area contributed by atoms with E-state index in [0.717, 1.165) is 6.42 Å². The summed E-state index contributed by atoms with van der Waals surface area (Å²) in [5.41, 5.74) is 0. The summed E-state index contributed by atoms with van der Waals surface area (Å²) in [6.07, 6.45) is 10.0. The van der Waals surface area contributed by atoms with E-state index >= 15 is 0 Å². The topological polar surface area (TPSA) is 0 Å². The molecule has 1 heteroatoms. The van der Waals surface area contributed by atoms with Crippen LogP contribution >= 0.6 is 0 Å². The van der Waals surface area contributed by atoms with Crippen molar-refractivity contribution in [3.63, 3.8) is 0 Å². The molecule has 1 aliphatic carbocycles. The predicted octanol–water partition coefficient (Wildman–Crippen LogP) is 4.73. The van der Waals surface area contributed by atoms with Gasteiger partial charge in [0.05, 0.1) is 0 Å². The molecule has 2 aromatic rings. The Kier molecular flexibility index (Phi) is 17.8. The Balaban J connectivity index is 0. The van der Waals surface area contributed by atoms with Crippen LogP contribution in [-0.4, -0.2) is 0 Å². The first-order valence-corrected chi connectivity index (χ1v) is 5.54. The Morgan fingerprint density at radius 2 is 1.16 bits per heavy atom. The fourth-order valence-electron chi connectivity index (χ4n) is 1.02. The molecule has 19 heavy (non-hydrogen) atoms. The van der Waals surface area contributed by atoms with E-state index in [1.165, 1.54) is 0 Å². The van der Waals surface area contributed by atoms with Crippen LogP contribution in [0.4, 0.5) is 0 Å². The third-order valence-electron chi connectivity index (χ3n) is 1.80. The smallest absolute Gasteiger partial charge is 0.358 e. The van der Waals surface area contributed by atoms with E-state index in [1.54, 1.807) is 0 Å². The fraction of sp³-hybridized carbons (Fsp3) is 0.0556. The van der Waals surface area contributed by atoms with Crippen molar-refractivity contribution in [1.82, 2.24) is 0 Å². The first kappa shape index (κ1) is 20.1. The Morgan fingerprint density at radius 3 is 1.26 bits per heavy atom. The van der Waals surface area contributed by atoms with Gasteiger partial charge in [0.1, 0.15) is 0 Å². The average molecular weight is 413 g/mol. The largest absolute Gasteiger partial charge is 4.00 e. The van der Waals surface area contributed by atoms with Crippen LogP contribution in [0.25, 0.3) is 0 Å². The van der Waals surface area contributed by atoms with E-state index in [9.17, 15) is 0 Å². The maximum Gasteiger partial charge on any atom is 4.00 e. The maximum atomic E-state index is 2.99. The molecule has 0 fully saturated rings. The molecule has 0 saturated heterocycles. The minimum atomic E-state index is 0. The Morgan fingerprint density at radius 1 is 0.684 bits per heavy atom. The Hall–Kier alpha value is -1.21. The van der Waals surface area contributed by atoms with Gasteiger partial charge in [-0.15, -0.1) is 6.42 Å². The van der Waals surface area contributed by atoms with E-state index in [-0.39, 0.29) is 33.3 Å². The van der Waals surface area contributed by atoms with Crippen LogP contribution in [-0.2, 0) is 25.8 Å². The summed E-state index contributed by atoms with van der Waals surface area (Å²) >= 11 is 0. The van der Waals surface area contributed by atoms with Gasteiger partial charge in [-0.2, -0.15) is 78.9 Å². The molecule has 0 radical (unpaired) electrons. The summed E-state index contributed by atoms with van der Waals surface area (Å²) in [5.74, 6) is 0. The molecule has 2 aromatic carbocycles. The SMILES string of the molecule is [C-]1=CC=CC1.[CH3-].[Hf+4].[c-]1ccccc1.[c-]1ccccc1. The molecule has 0 amide bonds. The van der Waals surface area contributed by atoms with Crippen molar-refractivity contribution >= 4 is 0 Å². The van der Waals surface area contributed by atoms with Crippen LogP contribution in [0.1, 0.15) is 6.42 Å². The fourth-order valence-corrected chi connectivity index (χ4v) is 1.02. The zero-order valence-electron chi connectivity index (χ0n) is 11.2. The van der Waals surface area contributed by atoms with Gasteiger partial charge in [0.15, 0.2) is 0 Å². The van der Waals surface area contributed by atoms with Crippen LogP contribution in [0.2, 0.25) is 0 Å². The molecule has 3 rings (SSSR count). The first-order chi connectivity index (χ1) is 8.50. The van der Waals surface area contributed by atoms with Crippen LogP contribution < -0.4 is 0 Å². The zero-order valence-corrected chi connectivity index (χ0v) is 14.8. The normalized spacial score (nSPS) is 9.68. The molecule has 0 atom stereocenters. The molecular weight excluding hydrogens is 395 g/mol. The van der Waals surface area contributed by atoms with E-state index in [2.05, 4.69) is 24.3 Å². The summed E-state index contributed by atoms with van der Waals surface area (Å²) in [7, 11) is 0. The maximum absolute atomic E-state index is 2.99. The summed E-state index contributed by atoms with van der Waals surface area (Å²) in [5, 5.41) is 0. The number of benzene rings is 2. The van der Waals surface area contributed by atoms with Crippen molar-refractivity contribution in [2.24, 2.45) is 0 Å². The Bertz CT molecular complexity index is 309. The number of hydrogen-bond acceptors (Lipinski definition) is 0. The van der Waals surface area contributed by atoms with Gasteiger partial charge in [-0.1, -0.05) is 0 Å².